The molecule has 0 unspecified atom stereocenters. The first kappa shape index (κ1) is 11.6. The number of aryl methyl sites for hydroxylation is 2. The third-order valence-electron chi connectivity index (χ3n) is 3.09. The first-order chi connectivity index (χ1) is 9.19. The number of hydrogen-bond acceptors (Lipinski definition) is 4. The minimum absolute atomic E-state index is 0.572. The first-order valence-electron chi connectivity index (χ1n) is 6.00. The van der Waals surface area contributed by atoms with Gasteiger partial charge in [-0.05, 0) is 31.5 Å². The standard InChI is InChI=1S/C14H14N4O/c1-9-6-11-12(16-10(2)14(17-11)19-3)7-13(9)18-5-4-15-8-18/h4-8H,1-3H3. The van der Waals surface area contributed by atoms with E-state index < -0.39 is 0 Å². The molecule has 0 bridgehead atoms. The van der Waals surface area contributed by atoms with E-state index >= 15 is 0 Å². The van der Waals surface area contributed by atoms with Gasteiger partial charge >= 0.3 is 0 Å². The molecule has 0 atom stereocenters. The van der Waals surface area contributed by atoms with E-state index in [1.54, 1.807) is 19.6 Å². The Bertz CT molecular complexity index is 735. The molecule has 0 fully saturated rings. The first-order valence-corrected chi connectivity index (χ1v) is 6.00. The topological polar surface area (TPSA) is 52.8 Å². The van der Waals surface area contributed by atoms with Crippen molar-refractivity contribution in [2.75, 3.05) is 7.11 Å². The van der Waals surface area contributed by atoms with Gasteiger partial charge in [-0.25, -0.2) is 15.0 Å². The maximum Gasteiger partial charge on any atom is 0.235 e. The number of imidazole rings is 1. The van der Waals surface area contributed by atoms with E-state index in [-0.39, 0.29) is 0 Å². The van der Waals surface area contributed by atoms with E-state index in [1.807, 2.05) is 36.7 Å². The van der Waals surface area contributed by atoms with Crippen LogP contribution in [0.4, 0.5) is 0 Å². The van der Waals surface area contributed by atoms with Crippen LogP contribution in [0.3, 0.4) is 0 Å². The molecule has 0 aliphatic carbocycles. The van der Waals surface area contributed by atoms with Crippen molar-refractivity contribution < 1.29 is 4.74 Å². The Balaban J connectivity index is 2.26. The summed E-state index contributed by atoms with van der Waals surface area (Å²) >= 11 is 0. The lowest BCUT2D eigenvalue weighted by Gasteiger charge is -2.10. The number of hydrogen-bond donors (Lipinski definition) is 0. The predicted molar refractivity (Wildman–Crippen MR) is 72.7 cm³/mol. The Morgan fingerprint density at radius 2 is 1.89 bits per heavy atom. The number of nitrogens with zero attached hydrogens (tertiary/aromatic N) is 4. The zero-order valence-corrected chi connectivity index (χ0v) is 11.1. The van der Waals surface area contributed by atoms with Crippen molar-refractivity contribution in [3.05, 3.63) is 42.1 Å². The molecule has 5 heteroatoms. The maximum atomic E-state index is 5.21. The van der Waals surface area contributed by atoms with Crippen molar-refractivity contribution in [1.29, 1.82) is 0 Å². The smallest absolute Gasteiger partial charge is 0.235 e. The molecule has 0 amide bonds. The number of ether oxygens (including phenoxy) is 1. The Labute approximate surface area is 110 Å². The van der Waals surface area contributed by atoms with Gasteiger partial charge < -0.3 is 9.30 Å². The summed E-state index contributed by atoms with van der Waals surface area (Å²) < 4.78 is 7.17. The van der Waals surface area contributed by atoms with Crippen LogP contribution in [0.25, 0.3) is 16.7 Å². The molecule has 1 aromatic carbocycles. The lowest BCUT2D eigenvalue weighted by atomic mass is 10.1. The molecule has 2 heterocycles. The molecule has 5 nitrogen and oxygen atoms in total. The molecule has 0 saturated heterocycles. The van der Waals surface area contributed by atoms with Gasteiger partial charge in [0.05, 0.1) is 30.2 Å². The monoisotopic (exact) mass is 254 g/mol. The average molecular weight is 254 g/mol. The van der Waals surface area contributed by atoms with Crippen LogP contribution >= 0.6 is 0 Å². The van der Waals surface area contributed by atoms with Gasteiger partial charge in [-0.1, -0.05) is 0 Å². The van der Waals surface area contributed by atoms with Gasteiger partial charge in [-0.2, -0.15) is 0 Å². The van der Waals surface area contributed by atoms with Gasteiger partial charge in [-0.3, -0.25) is 0 Å². The average Bonchev–Trinajstić information content (AvgIpc) is 2.91. The van der Waals surface area contributed by atoms with Crippen LogP contribution < -0.4 is 4.74 Å². The van der Waals surface area contributed by atoms with Crippen molar-refractivity contribution in [2.45, 2.75) is 13.8 Å². The molecular weight excluding hydrogens is 240 g/mol. The Kier molecular flexibility index (Phi) is 2.67. The number of benzene rings is 1. The molecule has 0 N–H and O–H groups in total. The van der Waals surface area contributed by atoms with Crippen LogP contribution in [0.5, 0.6) is 5.88 Å². The quantitative estimate of drug-likeness (QED) is 0.705. The third kappa shape index (κ3) is 1.93. The lowest BCUT2D eigenvalue weighted by Crippen LogP contribution is -1.99. The van der Waals surface area contributed by atoms with Crippen LogP contribution in [0.2, 0.25) is 0 Å². The lowest BCUT2D eigenvalue weighted by molar-refractivity contribution is 0.394. The fourth-order valence-corrected chi connectivity index (χ4v) is 2.14. The van der Waals surface area contributed by atoms with E-state index in [0.717, 1.165) is 28.0 Å². The van der Waals surface area contributed by atoms with E-state index in [1.165, 1.54) is 0 Å². The highest BCUT2D eigenvalue weighted by Gasteiger charge is 2.09. The molecule has 0 aliphatic heterocycles. The highest BCUT2D eigenvalue weighted by molar-refractivity contribution is 5.79. The van der Waals surface area contributed by atoms with Gasteiger partial charge in [0.25, 0.3) is 0 Å². The molecular formula is C14H14N4O. The van der Waals surface area contributed by atoms with E-state index in [4.69, 9.17) is 4.74 Å². The van der Waals surface area contributed by atoms with Crippen molar-refractivity contribution in [1.82, 2.24) is 19.5 Å². The van der Waals surface area contributed by atoms with Crippen LogP contribution in [-0.2, 0) is 0 Å². The second kappa shape index (κ2) is 4.35. The SMILES string of the molecule is COc1nc2cc(C)c(-n3ccnc3)cc2nc1C. The normalized spacial score (nSPS) is 10.9. The van der Waals surface area contributed by atoms with Gasteiger partial charge in [0.2, 0.25) is 5.88 Å². The molecule has 0 saturated carbocycles. The Hall–Kier alpha value is -2.43. The number of rotatable bonds is 2. The molecule has 0 aliphatic rings. The maximum absolute atomic E-state index is 5.21. The van der Waals surface area contributed by atoms with E-state index in [2.05, 4.69) is 15.0 Å². The second-order valence-corrected chi connectivity index (χ2v) is 4.42. The van der Waals surface area contributed by atoms with Crippen LogP contribution in [-0.4, -0.2) is 26.6 Å². The highest BCUT2D eigenvalue weighted by atomic mass is 16.5. The summed E-state index contributed by atoms with van der Waals surface area (Å²) in [6.07, 6.45) is 5.45. The summed E-state index contributed by atoms with van der Waals surface area (Å²) in [6, 6.07) is 4.03. The summed E-state index contributed by atoms with van der Waals surface area (Å²) in [5.74, 6) is 0.572. The second-order valence-electron chi connectivity index (χ2n) is 4.42. The Morgan fingerprint density at radius 1 is 1.11 bits per heavy atom. The van der Waals surface area contributed by atoms with Crippen LogP contribution in [0.1, 0.15) is 11.3 Å². The minimum atomic E-state index is 0.572. The Morgan fingerprint density at radius 3 is 2.58 bits per heavy atom. The molecule has 0 radical (unpaired) electrons. The number of methoxy groups -OCH3 is 1. The van der Waals surface area contributed by atoms with Gasteiger partial charge in [0.15, 0.2) is 0 Å². The van der Waals surface area contributed by atoms with E-state index in [9.17, 15) is 0 Å². The fraction of sp³-hybridized carbons (Fsp3) is 0.214. The number of fused-ring (bicyclic) bond motifs is 1. The summed E-state index contributed by atoms with van der Waals surface area (Å²) in [4.78, 5) is 13.1. The van der Waals surface area contributed by atoms with Crippen molar-refractivity contribution >= 4 is 11.0 Å². The van der Waals surface area contributed by atoms with Gasteiger partial charge in [-0.15, -0.1) is 0 Å². The third-order valence-corrected chi connectivity index (χ3v) is 3.09. The zero-order valence-electron chi connectivity index (χ0n) is 11.1. The molecule has 96 valence electrons. The summed E-state index contributed by atoms with van der Waals surface area (Å²) in [5.41, 5.74) is 4.65. The predicted octanol–water partition coefficient (Wildman–Crippen LogP) is 2.44. The summed E-state index contributed by atoms with van der Waals surface area (Å²) in [7, 11) is 1.61. The summed E-state index contributed by atoms with van der Waals surface area (Å²) in [6.45, 7) is 3.94. The largest absolute Gasteiger partial charge is 0.480 e. The molecule has 3 rings (SSSR count). The fourth-order valence-electron chi connectivity index (χ4n) is 2.14. The molecule has 2 aromatic heterocycles. The van der Waals surface area contributed by atoms with Crippen molar-refractivity contribution in [3.63, 3.8) is 0 Å². The zero-order chi connectivity index (χ0) is 13.4. The number of aromatic nitrogens is 4. The highest BCUT2D eigenvalue weighted by Crippen LogP contribution is 2.23. The molecule has 0 spiro atoms. The minimum Gasteiger partial charge on any atom is -0.480 e. The van der Waals surface area contributed by atoms with Crippen molar-refractivity contribution in [3.8, 4) is 11.6 Å². The molecule has 3 aromatic rings. The van der Waals surface area contributed by atoms with Crippen molar-refractivity contribution in [2.24, 2.45) is 0 Å². The molecule has 19 heavy (non-hydrogen) atoms. The van der Waals surface area contributed by atoms with Crippen LogP contribution in [0, 0.1) is 13.8 Å². The van der Waals surface area contributed by atoms with E-state index in [0.29, 0.717) is 5.88 Å². The van der Waals surface area contributed by atoms with Gasteiger partial charge in [0, 0.05) is 12.4 Å². The summed E-state index contributed by atoms with van der Waals surface area (Å²) in [5, 5.41) is 0. The van der Waals surface area contributed by atoms with Gasteiger partial charge in [0.1, 0.15) is 5.69 Å². The van der Waals surface area contributed by atoms with Crippen LogP contribution in [0.15, 0.2) is 30.9 Å².